The topological polar surface area (TPSA) is 70.9 Å². The number of carbonyl (C=O) groups excluding carboxylic acids is 1. The van der Waals surface area contributed by atoms with Gasteiger partial charge in [0.25, 0.3) is 0 Å². The number of rotatable bonds is 5. The van der Waals surface area contributed by atoms with E-state index in [0.717, 1.165) is 12.1 Å². The second-order valence-corrected chi connectivity index (χ2v) is 11.7. The number of amides is 1. The van der Waals surface area contributed by atoms with Crippen LogP contribution in [0, 0.1) is 11.6 Å². The summed E-state index contributed by atoms with van der Waals surface area (Å²) in [6.07, 6.45) is 0.775. The molecule has 8 nitrogen and oxygen atoms in total. The van der Waals surface area contributed by atoms with Crippen LogP contribution in [0.3, 0.4) is 0 Å². The Balaban J connectivity index is 1.54. The molecule has 2 aromatic carbocycles. The van der Waals surface area contributed by atoms with E-state index in [9.17, 15) is 18.4 Å². The Morgan fingerprint density at radius 2 is 1.98 bits per heavy atom. The van der Waals surface area contributed by atoms with Crippen LogP contribution in [0.2, 0.25) is 5.02 Å². The van der Waals surface area contributed by atoms with E-state index in [4.69, 9.17) is 16.3 Å². The number of carbonyl (C=O) groups is 1. The lowest BCUT2D eigenvalue weighted by Crippen LogP contribution is -2.58. The van der Waals surface area contributed by atoms with Crippen molar-refractivity contribution in [3.8, 4) is 16.9 Å². The summed E-state index contributed by atoms with van der Waals surface area (Å²) < 4.78 is 50.7. The highest BCUT2D eigenvalue weighted by molar-refractivity contribution is 6.35. The molecule has 2 saturated heterocycles. The highest BCUT2D eigenvalue weighted by Crippen LogP contribution is 2.47. The quantitative estimate of drug-likeness (QED) is 0.399. The fraction of sp³-hybridized carbons (Fsp3) is 0.433. The number of hydrogen-bond donors (Lipinski definition) is 0. The number of anilines is 1. The van der Waals surface area contributed by atoms with Gasteiger partial charge in [-0.05, 0) is 44.5 Å². The highest BCUT2D eigenvalue weighted by Gasteiger charge is 2.37. The maximum atomic E-state index is 15.1. The first-order valence-corrected chi connectivity index (χ1v) is 14.4. The minimum Gasteiger partial charge on any atom is -0.488 e. The maximum Gasteiger partial charge on any atom is 0.350 e. The standard InChI is InChI=1S/C30H31ClF3N5O3/c1-4-25(40)37-11-17(3)38(12-16(37)2)29-22-10-23(31)26(21-6-5-18(32)9-24(21)34)28-27(22)39(30(41)35-29)20(15-42-28)14-36-8-7-19(33)13-36/h4-6,9-10,16-17,19-20H,1,7-8,11-15H2,2-3H3/t16-,17+,19?,20?/m1/s1. The molecule has 12 heteroatoms. The fourth-order valence-electron chi connectivity index (χ4n) is 6.45. The zero-order valence-corrected chi connectivity index (χ0v) is 24.1. The molecule has 42 heavy (non-hydrogen) atoms. The van der Waals surface area contributed by atoms with Crippen LogP contribution in [-0.4, -0.2) is 82.8 Å². The van der Waals surface area contributed by atoms with Gasteiger partial charge in [-0.3, -0.25) is 14.3 Å². The van der Waals surface area contributed by atoms with E-state index in [0.29, 0.717) is 49.3 Å². The number of ether oxygens (including phenoxy) is 1. The van der Waals surface area contributed by atoms with Gasteiger partial charge in [0.1, 0.15) is 30.2 Å². The molecule has 3 aliphatic rings. The number of aromatic nitrogens is 2. The minimum atomic E-state index is -0.930. The van der Waals surface area contributed by atoms with Crippen LogP contribution in [0.5, 0.6) is 5.75 Å². The molecule has 0 radical (unpaired) electrons. The van der Waals surface area contributed by atoms with Crippen molar-refractivity contribution >= 4 is 34.2 Å². The molecule has 6 rings (SSSR count). The average Bonchev–Trinajstić information content (AvgIpc) is 3.36. The second-order valence-electron chi connectivity index (χ2n) is 11.3. The van der Waals surface area contributed by atoms with Crippen LogP contribution in [0.1, 0.15) is 26.3 Å². The van der Waals surface area contributed by atoms with Crippen LogP contribution in [0.25, 0.3) is 22.0 Å². The van der Waals surface area contributed by atoms with Crippen molar-refractivity contribution in [1.82, 2.24) is 19.4 Å². The normalized spacial score (nSPS) is 24.2. The minimum absolute atomic E-state index is 0.0347. The average molecular weight is 602 g/mol. The van der Waals surface area contributed by atoms with Gasteiger partial charge in [-0.2, -0.15) is 4.98 Å². The van der Waals surface area contributed by atoms with Gasteiger partial charge in [-0.1, -0.05) is 18.2 Å². The SMILES string of the molecule is C=CC(=O)N1C[C@H](C)N(c2nc(=O)n3c4c(c(-c5ccc(F)cc5F)c(Cl)cc24)OCC3CN2CCC(F)C2)C[C@H]1C. The Hall–Kier alpha value is -3.57. The maximum absolute atomic E-state index is 15.1. The van der Waals surface area contributed by atoms with E-state index in [1.807, 2.05) is 23.6 Å². The van der Waals surface area contributed by atoms with Crippen LogP contribution in [0.4, 0.5) is 19.0 Å². The fourth-order valence-corrected chi connectivity index (χ4v) is 6.75. The number of alkyl halides is 1. The van der Waals surface area contributed by atoms with Crippen LogP contribution >= 0.6 is 11.6 Å². The Bertz CT molecular complexity index is 1650. The van der Waals surface area contributed by atoms with E-state index < -0.39 is 29.5 Å². The number of hydrogen-bond acceptors (Lipinski definition) is 6. The number of nitrogens with zero attached hydrogens (tertiary/aromatic N) is 5. The lowest BCUT2D eigenvalue weighted by Gasteiger charge is -2.45. The first kappa shape index (κ1) is 28.5. The molecule has 0 aliphatic carbocycles. The molecule has 0 spiro atoms. The second kappa shape index (κ2) is 10.9. The third kappa shape index (κ3) is 4.82. The number of halogens is 4. The van der Waals surface area contributed by atoms with Crippen LogP contribution in [0.15, 0.2) is 41.7 Å². The molecule has 3 aromatic rings. The smallest absolute Gasteiger partial charge is 0.350 e. The van der Waals surface area contributed by atoms with Crippen LogP contribution in [-0.2, 0) is 4.79 Å². The first-order chi connectivity index (χ1) is 20.1. The van der Waals surface area contributed by atoms with Gasteiger partial charge in [0.05, 0.1) is 16.6 Å². The summed E-state index contributed by atoms with van der Waals surface area (Å²) in [7, 11) is 0. The summed E-state index contributed by atoms with van der Waals surface area (Å²) in [5, 5.41) is 0.675. The van der Waals surface area contributed by atoms with Gasteiger partial charge < -0.3 is 14.5 Å². The molecule has 0 N–H and O–H groups in total. The van der Waals surface area contributed by atoms with Crippen molar-refractivity contribution < 1.29 is 22.7 Å². The molecular weight excluding hydrogens is 571 g/mol. The summed E-state index contributed by atoms with van der Waals surface area (Å²) in [5.74, 6) is -1.16. The predicted octanol–water partition coefficient (Wildman–Crippen LogP) is 4.58. The summed E-state index contributed by atoms with van der Waals surface area (Å²) >= 11 is 6.81. The van der Waals surface area contributed by atoms with Crippen LogP contribution < -0.4 is 15.3 Å². The predicted molar refractivity (Wildman–Crippen MR) is 155 cm³/mol. The largest absolute Gasteiger partial charge is 0.488 e. The molecule has 1 amide bonds. The molecule has 1 aromatic heterocycles. The molecule has 4 atom stereocenters. The molecular formula is C30H31ClF3N5O3. The van der Waals surface area contributed by atoms with Crippen molar-refractivity contribution in [2.24, 2.45) is 0 Å². The lowest BCUT2D eigenvalue weighted by molar-refractivity contribution is -0.128. The molecule has 4 heterocycles. The molecule has 3 aliphatic heterocycles. The van der Waals surface area contributed by atoms with Gasteiger partial charge in [0.2, 0.25) is 5.91 Å². The van der Waals surface area contributed by atoms with E-state index in [2.05, 4.69) is 11.6 Å². The molecule has 2 unspecified atom stereocenters. The van der Waals surface area contributed by atoms with Crippen molar-refractivity contribution in [3.05, 3.63) is 64.1 Å². The summed E-state index contributed by atoms with van der Waals surface area (Å²) in [6, 6.07) is 3.94. The van der Waals surface area contributed by atoms with E-state index in [1.54, 1.807) is 11.0 Å². The molecule has 0 bridgehead atoms. The summed E-state index contributed by atoms with van der Waals surface area (Å²) in [4.78, 5) is 36.5. The summed E-state index contributed by atoms with van der Waals surface area (Å²) in [6.45, 7) is 9.48. The van der Waals surface area contributed by atoms with Crippen molar-refractivity contribution in [3.63, 3.8) is 0 Å². The zero-order valence-electron chi connectivity index (χ0n) is 23.3. The lowest BCUT2D eigenvalue weighted by atomic mass is 9.99. The van der Waals surface area contributed by atoms with Crippen molar-refractivity contribution in [2.45, 2.75) is 44.6 Å². The number of benzene rings is 2. The highest BCUT2D eigenvalue weighted by atomic mass is 35.5. The summed E-state index contributed by atoms with van der Waals surface area (Å²) in [5.41, 5.74) is 0.107. The Labute approximate surface area is 245 Å². The molecule has 222 valence electrons. The van der Waals surface area contributed by atoms with Crippen molar-refractivity contribution in [1.29, 1.82) is 0 Å². The van der Waals surface area contributed by atoms with E-state index >= 15 is 4.39 Å². The monoisotopic (exact) mass is 601 g/mol. The van der Waals surface area contributed by atoms with E-state index in [1.165, 1.54) is 16.7 Å². The third-order valence-corrected chi connectivity index (χ3v) is 8.78. The Morgan fingerprint density at radius 1 is 1.19 bits per heavy atom. The van der Waals surface area contributed by atoms with E-state index in [-0.39, 0.29) is 53.0 Å². The zero-order chi connectivity index (χ0) is 29.9. The Morgan fingerprint density at radius 3 is 2.67 bits per heavy atom. The third-order valence-electron chi connectivity index (χ3n) is 8.48. The van der Waals surface area contributed by atoms with Gasteiger partial charge in [0.15, 0.2) is 5.75 Å². The number of likely N-dealkylation sites (tertiary alicyclic amines) is 1. The molecule has 0 saturated carbocycles. The molecule has 2 fully saturated rings. The van der Waals surface area contributed by atoms with Gasteiger partial charge in [-0.15, -0.1) is 0 Å². The first-order valence-electron chi connectivity index (χ1n) is 14.0. The number of piperazine rings is 1. The van der Waals surface area contributed by atoms with Crippen molar-refractivity contribution in [2.75, 3.05) is 44.2 Å². The van der Waals surface area contributed by atoms with Gasteiger partial charge in [-0.25, -0.2) is 18.0 Å². The Kier molecular flexibility index (Phi) is 7.43. The van der Waals surface area contributed by atoms with Gasteiger partial charge in [0, 0.05) is 67.4 Å². The van der Waals surface area contributed by atoms with Gasteiger partial charge >= 0.3 is 5.69 Å².